The zero-order valence-electron chi connectivity index (χ0n) is 14.2. The molecule has 0 unspecified atom stereocenters. The number of benzene rings is 3. The van der Waals surface area contributed by atoms with Gasteiger partial charge in [0.15, 0.2) is 5.43 Å². The molecule has 2 aromatic carbocycles. The molecule has 0 aromatic heterocycles. The summed E-state index contributed by atoms with van der Waals surface area (Å²) in [6.07, 6.45) is 0.500. The summed E-state index contributed by atoms with van der Waals surface area (Å²) in [4.78, 5) is 31.6. The summed E-state index contributed by atoms with van der Waals surface area (Å²) in [6, 6.07) is 15.7. The van der Waals surface area contributed by atoms with Gasteiger partial charge in [0.2, 0.25) is 0 Å². The molecule has 0 amide bonds. The fourth-order valence-electron chi connectivity index (χ4n) is 3.04. The van der Waals surface area contributed by atoms with Crippen molar-refractivity contribution >= 4 is 23.0 Å². The zero-order valence-corrected chi connectivity index (χ0v) is 14.2. The Morgan fingerprint density at radius 2 is 1.71 bits per heavy atom. The third-order valence-corrected chi connectivity index (χ3v) is 4.10. The number of nitrogens with zero attached hydrogens (tertiary/aromatic N) is 1. The number of phenols is 1. The number of rotatable bonds is 2. The minimum atomic E-state index is -1.04. The monoisotopic (exact) mass is 374 g/mol. The first kappa shape index (κ1) is 18.6. The van der Waals surface area contributed by atoms with Crippen LogP contribution in [0.15, 0.2) is 69.9 Å². The molecular formula is C21H12NO6-. The van der Waals surface area contributed by atoms with Crippen LogP contribution in [-0.4, -0.2) is 22.3 Å². The Balaban J connectivity index is 0.000000706. The van der Waals surface area contributed by atoms with Crippen LogP contribution in [0.5, 0.6) is 5.75 Å². The summed E-state index contributed by atoms with van der Waals surface area (Å²) in [5, 5.41) is 26.7. The number of phenolic OH excluding ortho intramolecular Hbond substituents is 1. The number of fused-ring (bicyclic) bond motifs is 2. The molecule has 1 heterocycles. The summed E-state index contributed by atoms with van der Waals surface area (Å²) in [6.45, 7) is 0. The van der Waals surface area contributed by atoms with Crippen molar-refractivity contribution < 1.29 is 24.2 Å². The number of isocyanates is 1. The van der Waals surface area contributed by atoms with Crippen LogP contribution in [0.1, 0.15) is 10.4 Å². The van der Waals surface area contributed by atoms with Crippen molar-refractivity contribution in [1.82, 2.24) is 0 Å². The van der Waals surface area contributed by atoms with Crippen LogP contribution < -0.4 is 5.43 Å². The largest absolute Gasteiger partial charge is 0.724 e. The summed E-state index contributed by atoms with van der Waals surface area (Å²) >= 11 is 0. The maximum absolute atomic E-state index is 11.7. The smallest absolute Gasteiger partial charge is 0.336 e. The Bertz CT molecular complexity index is 1250. The number of aromatic hydroxyl groups is 1. The van der Waals surface area contributed by atoms with Gasteiger partial charge in [-0.3, -0.25) is 9.59 Å². The van der Waals surface area contributed by atoms with E-state index in [-0.39, 0.29) is 16.7 Å². The van der Waals surface area contributed by atoms with Crippen molar-refractivity contribution in [2.24, 2.45) is 0 Å². The van der Waals surface area contributed by atoms with Crippen LogP contribution in [0.2, 0.25) is 0 Å². The van der Waals surface area contributed by atoms with Crippen molar-refractivity contribution in [2.45, 2.75) is 0 Å². The highest BCUT2D eigenvalue weighted by Gasteiger charge is 2.21. The molecular weight excluding hydrogens is 362 g/mol. The highest BCUT2D eigenvalue weighted by Crippen LogP contribution is 2.41. The van der Waals surface area contributed by atoms with Crippen molar-refractivity contribution in [3.05, 3.63) is 81.9 Å². The molecule has 28 heavy (non-hydrogen) atoms. The SMILES string of the molecule is O=C(O)c1ccccc1-c1c2ccc(=O)cc-2oc2cc(O)ccc12.[N-]=C=O. The molecule has 7 nitrogen and oxygen atoms in total. The standard InChI is InChI=1S/C20H12O5.CNO/c21-11-5-7-15-17(9-11)25-18-10-12(22)6-8-16(18)19(15)13-3-1-2-4-14(13)20(23)24;2-1-3/h1-10,21H,(H,23,24);/q;-1. The third-order valence-electron chi connectivity index (χ3n) is 4.10. The first-order chi connectivity index (χ1) is 13.5. The highest BCUT2D eigenvalue weighted by atomic mass is 16.4. The summed E-state index contributed by atoms with van der Waals surface area (Å²) in [5.41, 5.74) is 2.10. The van der Waals surface area contributed by atoms with E-state index in [0.29, 0.717) is 39.5 Å². The van der Waals surface area contributed by atoms with E-state index in [1.165, 1.54) is 30.3 Å². The second-order valence-electron chi connectivity index (χ2n) is 5.76. The van der Waals surface area contributed by atoms with E-state index >= 15 is 0 Å². The molecule has 0 atom stereocenters. The fraction of sp³-hybridized carbons (Fsp3) is 0. The number of hydrogen-bond donors (Lipinski definition) is 2. The minimum absolute atomic E-state index is 0.0198. The molecule has 1 aliphatic heterocycles. The number of hydrogen-bond acceptors (Lipinski definition) is 5. The van der Waals surface area contributed by atoms with Crippen molar-refractivity contribution in [2.75, 3.05) is 0 Å². The second-order valence-corrected chi connectivity index (χ2v) is 5.76. The predicted molar refractivity (Wildman–Crippen MR) is 102 cm³/mol. The molecule has 7 heteroatoms. The molecule has 4 rings (SSSR count). The molecule has 0 spiro atoms. The lowest BCUT2D eigenvalue weighted by Gasteiger charge is -2.16. The van der Waals surface area contributed by atoms with Gasteiger partial charge >= 0.3 is 5.97 Å². The number of carbonyl (C=O) groups is 1. The van der Waals surface area contributed by atoms with Crippen LogP contribution in [0.3, 0.4) is 0 Å². The van der Waals surface area contributed by atoms with E-state index in [1.807, 2.05) is 0 Å². The van der Waals surface area contributed by atoms with Gasteiger partial charge in [0.1, 0.15) is 17.1 Å². The van der Waals surface area contributed by atoms with Gasteiger partial charge < -0.3 is 20.0 Å². The Labute approximate surface area is 158 Å². The summed E-state index contributed by atoms with van der Waals surface area (Å²) in [5.74, 6) is -0.691. The van der Waals surface area contributed by atoms with E-state index in [2.05, 4.69) is 0 Å². The van der Waals surface area contributed by atoms with Crippen molar-refractivity contribution in [1.29, 1.82) is 0 Å². The summed E-state index contributed by atoms with van der Waals surface area (Å²) < 4.78 is 5.76. The molecule has 2 aromatic rings. The van der Waals surface area contributed by atoms with Crippen molar-refractivity contribution in [3.63, 3.8) is 0 Å². The van der Waals surface area contributed by atoms with E-state index in [9.17, 15) is 19.8 Å². The molecule has 0 radical (unpaired) electrons. The van der Waals surface area contributed by atoms with Crippen LogP contribution >= 0.6 is 0 Å². The average Bonchev–Trinajstić information content (AvgIpc) is 2.66. The lowest BCUT2D eigenvalue weighted by Crippen LogP contribution is -2.03. The molecule has 0 saturated carbocycles. The van der Waals surface area contributed by atoms with Gasteiger partial charge in [0, 0.05) is 28.6 Å². The van der Waals surface area contributed by atoms with Gasteiger partial charge in [-0.15, -0.1) is 0 Å². The highest BCUT2D eigenvalue weighted by molar-refractivity contribution is 6.07. The first-order valence-electron chi connectivity index (χ1n) is 7.99. The molecule has 0 fully saturated rings. The average molecular weight is 374 g/mol. The van der Waals surface area contributed by atoms with Gasteiger partial charge in [-0.2, -0.15) is 0 Å². The molecule has 2 aliphatic rings. The molecule has 0 saturated heterocycles. The number of carbonyl (C=O) groups excluding carboxylic acids is 1. The van der Waals surface area contributed by atoms with Crippen LogP contribution in [0.4, 0.5) is 0 Å². The van der Waals surface area contributed by atoms with Gasteiger partial charge in [-0.1, -0.05) is 18.2 Å². The second kappa shape index (κ2) is 7.57. The van der Waals surface area contributed by atoms with E-state index in [0.717, 1.165) is 0 Å². The van der Waals surface area contributed by atoms with Gasteiger partial charge in [0.25, 0.3) is 0 Å². The van der Waals surface area contributed by atoms with Crippen LogP contribution in [0.25, 0.3) is 38.8 Å². The Morgan fingerprint density at radius 3 is 2.43 bits per heavy atom. The quantitative estimate of drug-likeness (QED) is 0.311. The Hall–Kier alpha value is -4.22. The first-order valence-corrected chi connectivity index (χ1v) is 7.99. The van der Waals surface area contributed by atoms with Crippen LogP contribution in [0, 0.1) is 0 Å². The van der Waals surface area contributed by atoms with Crippen molar-refractivity contribution in [3.8, 4) is 28.2 Å². The Kier molecular flexibility index (Phi) is 5.02. The fourth-order valence-corrected chi connectivity index (χ4v) is 3.04. The van der Waals surface area contributed by atoms with Crippen LogP contribution in [-0.2, 0) is 4.79 Å². The normalized spacial score (nSPS) is 10.1. The van der Waals surface area contributed by atoms with E-state index in [4.69, 9.17) is 14.6 Å². The molecule has 1 aliphatic carbocycles. The number of carboxylic acids is 1. The number of aromatic carboxylic acids is 1. The predicted octanol–water partition coefficient (Wildman–Crippen LogP) is 3.86. The van der Waals surface area contributed by atoms with Gasteiger partial charge in [-0.25, -0.2) is 4.79 Å². The summed E-state index contributed by atoms with van der Waals surface area (Å²) in [7, 11) is 0. The Morgan fingerprint density at radius 1 is 1.00 bits per heavy atom. The van der Waals surface area contributed by atoms with Gasteiger partial charge in [-0.05, 0) is 42.0 Å². The van der Waals surface area contributed by atoms with Gasteiger partial charge in [0.05, 0.1) is 5.56 Å². The molecule has 138 valence electrons. The molecule has 2 N–H and O–H groups in total. The van der Waals surface area contributed by atoms with E-state index in [1.54, 1.807) is 30.3 Å². The topological polar surface area (TPSA) is 127 Å². The third kappa shape index (κ3) is 3.38. The zero-order chi connectivity index (χ0) is 20.3. The number of carboxylic acid groups (broad SMARTS) is 1. The minimum Gasteiger partial charge on any atom is -0.724 e. The maximum Gasteiger partial charge on any atom is 0.336 e. The lowest BCUT2D eigenvalue weighted by atomic mass is 9.91. The molecule has 0 bridgehead atoms. The van der Waals surface area contributed by atoms with E-state index < -0.39 is 5.97 Å². The lowest BCUT2D eigenvalue weighted by molar-refractivity contribution is 0.0697. The maximum atomic E-state index is 11.7.